The maximum Gasteiger partial charge on any atom is 0.326 e. The van der Waals surface area contributed by atoms with Gasteiger partial charge >= 0.3 is 11.9 Å². The zero-order valence-corrected chi connectivity index (χ0v) is 13.6. The molecular formula is C18H20FNO5. The molecule has 1 saturated carbocycles. The molecule has 6 nitrogen and oxygen atoms in total. The normalized spacial score (nSPS) is 28.9. The van der Waals surface area contributed by atoms with Crippen molar-refractivity contribution in [1.82, 2.24) is 4.90 Å². The number of carbonyl (C=O) groups is 3. The van der Waals surface area contributed by atoms with Crippen LogP contribution in [0.5, 0.6) is 0 Å². The van der Waals surface area contributed by atoms with Crippen LogP contribution in [0.4, 0.5) is 4.39 Å². The van der Waals surface area contributed by atoms with Gasteiger partial charge in [-0.3, -0.25) is 9.59 Å². The molecule has 2 aliphatic rings. The van der Waals surface area contributed by atoms with E-state index in [4.69, 9.17) is 0 Å². The summed E-state index contributed by atoms with van der Waals surface area (Å²) in [6.45, 7) is -0.0717. The van der Waals surface area contributed by atoms with Crippen molar-refractivity contribution in [1.29, 1.82) is 0 Å². The van der Waals surface area contributed by atoms with E-state index in [1.54, 1.807) is 12.1 Å². The van der Waals surface area contributed by atoms with Crippen LogP contribution < -0.4 is 0 Å². The summed E-state index contributed by atoms with van der Waals surface area (Å²) in [6, 6.07) is 5.00. The number of hydrogen-bond donors (Lipinski definition) is 2. The van der Waals surface area contributed by atoms with Gasteiger partial charge in [-0.25, -0.2) is 9.18 Å². The quantitative estimate of drug-likeness (QED) is 0.868. The van der Waals surface area contributed by atoms with E-state index in [2.05, 4.69) is 0 Å². The van der Waals surface area contributed by atoms with Gasteiger partial charge in [0, 0.05) is 12.5 Å². The van der Waals surface area contributed by atoms with Crippen molar-refractivity contribution in [2.75, 3.05) is 6.54 Å². The van der Waals surface area contributed by atoms with Crippen LogP contribution in [0.2, 0.25) is 0 Å². The van der Waals surface area contributed by atoms with E-state index < -0.39 is 23.9 Å². The first-order valence-electron chi connectivity index (χ1n) is 8.40. The number of rotatable bonds is 4. The number of hydrogen-bond acceptors (Lipinski definition) is 3. The third-order valence-electron chi connectivity index (χ3n) is 5.39. The Kier molecular flexibility index (Phi) is 4.74. The summed E-state index contributed by atoms with van der Waals surface area (Å²) in [6.07, 6.45) is 1.80. The Morgan fingerprint density at radius 1 is 0.960 bits per heavy atom. The minimum absolute atomic E-state index is 0.0717. The van der Waals surface area contributed by atoms with E-state index in [9.17, 15) is 29.0 Å². The molecule has 4 unspecified atom stereocenters. The summed E-state index contributed by atoms with van der Waals surface area (Å²) >= 11 is 0. The number of halogens is 1. The largest absolute Gasteiger partial charge is 0.481 e. The first kappa shape index (κ1) is 17.4. The van der Waals surface area contributed by atoms with Gasteiger partial charge in [0.2, 0.25) is 5.91 Å². The molecule has 4 atom stereocenters. The SMILES string of the molecule is O=C(O)C1CCC(C(=O)O)N(C(=O)C2CCC2c2ccc(F)cc2)C1. The van der Waals surface area contributed by atoms with Crippen LogP contribution in [0.15, 0.2) is 24.3 Å². The highest BCUT2D eigenvalue weighted by Gasteiger charge is 2.45. The fourth-order valence-electron chi connectivity index (χ4n) is 3.79. The molecule has 3 rings (SSSR count). The molecule has 2 fully saturated rings. The zero-order valence-electron chi connectivity index (χ0n) is 13.6. The van der Waals surface area contributed by atoms with Gasteiger partial charge in [0.05, 0.1) is 5.92 Å². The van der Waals surface area contributed by atoms with E-state index in [0.717, 1.165) is 12.0 Å². The molecule has 0 spiro atoms. The van der Waals surface area contributed by atoms with E-state index >= 15 is 0 Å². The number of amides is 1. The lowest BCUT2D eigenvalue weighted by Gasteiger charge is -2.43. The number of carboxylic acid groups (broad SMARTS) is 2. The lowest BCUT2D eigenvalue weighted by molar-refractivity contribution is -0.160. The zero-order chi connectivity index (χ0) is 18.1. The predicted molar refractivity (Wildman–Crippen MR) is 85.4 cm³/mol. The highest BCUT2D eigenvalue weighted by molar-refractivity contribution is 5.87. The van der Waals surface area contributed by atoms with Crippen LogP contribution in [0.3, 0.4) is 0 Å². The van der Waals surface area contributed by atoms with Gasteiger partial charge < -0.3 is 15.1 Å². The fraction of sp³-hybridized carbons (Fsp3) is 0.500. The third-order valence-corrected chi connectivity index (χ3v) is 5.39. The van der Waals surface area contributed by atoms with Crippen molar-refractivity contribution >= 4 is 17.8 Å². The molecular weight excluding hydrogens is 329 g/mol. The maximum atomic E-state index is 13.1. The van der Waals surface area contributed by atoms with Crippen LogP contribution in [-0.2, 0) is 14.4 Å². The van der Waals surface area contributed by atoms with Crippen molar-refractivity contribution < 1.29 is 29.0 Å². The summed E-state index contributed by atoms with van der Waals surface area (Å²) in [4.78, 5) is 36.9. The lowest BCUT2D eigenvalue weighted by Crippen LogP contribution is -2.55. The van der Waals surface area contributed by atoms with Gasteiger partial charge in [0.25, 0.3) is 0 Å². The summed E-state index contributed by atoms with van der Waals surface area (Å²) in [5, 5.41) is 18.6. The topological polar surface area (TPSA) is 94.9 Å². The minimum atomic E-state index is -1.10. The fourth-order valence-corrected chi connectivity index (χ4v) is 3.79. The standard InChI is InChI=1S/C18H20FNO5/c19-12-4-1-10(2-5-12)13-6-7-14(13)16(21)20-9-11(17(22)23)3-8-15(20)18(24)25/h1-2,4-5,11,13-15H,3,6-9H2,(H,22,23)(H,24,25). The minimum Gasteiger partial charge on any atom is -0.481 e. The van der Waals surface area contributed by atoms with Crippen LogP contribution in [-0.4, -0.2) is 45.5 Å². The smallest absolute Gasteiger partial charge is 0.326 e. The molecule has 7 heteroatoms. The number of piperidine rings is 1. The van der Waals surface area contributed by atoms with Gasteiger partial charge in [-0.2, -0.15) is 0 Å². The van der Waals surface area contributed by atoms with E-state index in [1.165, 1.54) is 17.0 Å². The summed E-state index contributed by atoms with van der Waals surface area (Å²) in [5.74, 6) is -3.95. The molecule has 1 aromatic rings. The molecule has 0 aromatic heterocycles. The molecule has 25 heavy (non-hydrogen) atoms. The average Bonchev–Trinajstić information content (AvgIpc) is 2.55. The van der Waals surface area contributed by atoms with Gasteiger partial charge in [-0.1, -0.05) is 12.1 Å². The number of benzene rings is 1. The number of nitrogens with zero attached hydrogens (tertiary/aromatic N) is 1. The Morgan fingerprint density at radius 2 is 1.64 bits per heavy atom. The van der Waals surface area contributed by atoms with Crippen molar-refractivity contribution in [3.05, 3.63) is 35.6 Å². The molecule has 1 heterocycles. The molecule has 0 radical (unpaired) electrons. The van der Waals surface area contributed by atoms with Crippen LogP contribution in [0.25, 0.3) is 0 Å². The number of carbonyl (C=O) groups excluding carboxylic acids is 1. The van der Waals surface area contributed by atoms with Crippen molar-refractivity contribution in [3.8, 4) is 0 Å². The average molecular weight is 349 g/mol. The molecule has 1 amide bonds. The van der Waals surface area contributed by atoms with Gasteiger partial charge in [-0.05, 0) is 49.3 Å². The molecule has 2 N–H and O–H groups in total. The second-order valence-electron chi connectivity index (χ2n) is 6.80. The Labute approximate surface area is 144 Å². The van der Waals surface area contributed by atoms with Gasteiger partial charge in [0.15, 0.2) is 0 Å². The van der Waals surface area contributed by atoms with Crippen LogP contribution in [0, 0.1) is 17.7 Å². The van der Waals surface area contributed by atoms with Crippen LogP contribution >= 0.6 is 0 Å². The van der Waals surface area contributed by atoms with Crippen molar-refractivity contribution in [3.63, 3.8) is 0 Å². The lowest BCUT2D eigenvalue weighted by atomic mass is 9.69. The molecule has 1 aliphatic heterocycles. The van der Waals surface area contributed by atoms with Gasteiger partial charge in [0.1, 0.15) is 11.9 Å². The first-order valence-corrected chi connectivity index (χ1v) is 8.40. The predicted octanol–water partition coefficient (Wildman–Crippen LogP) is 2.10. The Bertz CT molecular complexity index is 689. The highest BCUT2D eigenvalue weighted by atomic mass is 19.1. The molecule has 1 aliphatic carbocycles. The molecule has 0 bridgehead atoms. The first-order chi connectivity index (χ1) is 11.9. The highest BCUT2D eigenvalue weighted by Crippen LogP contribution is 2.44. The van der Waals surface area contributed by atoms with E-state index in [1.807, 2.05) is 0 Å². The Morgan fingerprint density at radius 3 is 2.16 bits per heavy atom. The number of carboxylic acids is 2. The maximum absolute atomic E-state index is 13.1. The van der Waals surface area contributed by atoms with Crippen LogP contribution in [0.1, 0.15) is 37.2 Å². The van der Waals surface area contributed by atoms with E-state index in [0.29, 0.717) is 6.42 Å². The molecule has 1 saturated heterocycles. The Hall–Kier alpha value is -2.44. The summed E-state index contributed by atoms with van der Waals surface area (Å²) < 4.78 is 13.1. The monoisotopic (exact) mass is 349 g/mol. The van der Waals surface area contributed by atoms with E-state index in [-0.39, 0.29) is 42.9 Å². The summed E-state index contributed by atoms with van der Waals surface area (Å²) in [5.41, 5.74) is 0.852. The number of likely N-dealkylation sites (tertiary alicyclic amines) is 1. The third kappa shape index (κ3) is 3.36. The number of aliphatic carboxylic acids is 2. The van der Waals surface area contributed by atoms with Gasteiger partial charge in [-0.15, -0.1) is 0 Å². The van der Waals surface area contributed by atoms with Crippen molar-refractivity contribution in [2.24, 2.45) is 11.8 Å². The second kappa shape index (κ2) is 6.82. The van der Waals surface area contributed by atoms with Crippen molar-refractivity contribution in [2.45, 2.75) is 37.6 Å². The molecule has 134 valence electrons. The summed E-state index contributed by atoms with van der Waals surface area (Å²) in [7, 11) is 0. The Balaban J connectivity index is 1.78. The molecule has 1 aromatic carbocycles. The second-order valence-corrected chi connectivity index (χ2v) is 6.80.